The lowest BCUT2D eigenvalue weighted by Gasteiger charge is -2.27. The van der Waals surface area contributed by atoms with Crippen LogP contribution in [0.4, 0.5) is 0 Å². The molecule has 3 heteroatoms. The fourth-order valence-corrected chi connectivity index (χ4v) is 1.87. The van der Waals surface area contributed by atoms with Crippen LogP contribution in [-0.4, -0.2) is 24.7 Å². The summed E-state index contributed by atoms with van der Waals surface area (Å²) in [6.07, 6.45) is 4.73. The number of hydrogen-bond acceptors (Lipinski definition) is 3. The van der Waals surface area contributed by atoms with Crippen LogP contribution < -0.4 is 5.32 Å². The topological polar surface area (TPSA) is 38.3 Å². The summed E-state index contributed by atoms with van der Waals surface area (Å²) in [5, 5.41) is 3.41. The molecule has 0 heterocycles. The van der Waals surface area contributed by atoms with Gasteiger partial charge in [-0.15, -0.1) is 0 Å². The molecule has 2 rings (SSSR count). The first-order chi connectivity index (χ1) is 6.16. The van der Waals surface area contributed by atoms with E-state index in [9.17, 15) is 4.79 Å². The zero-order valence-corrected chi connectivity index (χ0v) is 8.30. The van der Waals surface area contributed by atoms with Crippen LogP contribution in [0.15, 0.2) is 0 Å². The van der Waals surface area contributed by atoms with Gasteiger partial charge in [0.15, 0.2) is 0 Å². The van der Waals surface area contributed by atoms with Gasteiger partial charge >= 0.3 is 5.97 Å². The summed E-state index contributed by atoms with van der Waals surface area (Å²) in [5.41, 5.74) is -0.407. The second kappa shape index (κ2) is 2.98. The first-order valence-electron chi connectivity index (χ1n) is 5.03. The van der Waals surface area contributed by atoms with Gasteiger partial charge in [-0.3, -0.25) is 10.1 Å². The van der Waals surface area contributed by atoms with E-state index in [1.807, 2.05) is 6.92 Å². The molecule has 2 aliphatic rings. The molecule has 74 valence electrons. The summed E-state index contributed by atoms with van der Waals surface area (Å²) < 4.78 is 4.84. The average Bonchev–Trinajstić information content (AvgIpc) is 2.92. The largest absolute Gasteiger partial charge is 0.468 e. The Morgan fingerprint density at radius 2 is 2.00 bits per heavy atom. The lowest BCUT2D eigenvalue weighted by molar-refractivity contribution is -0.149. The molecule has 1 atom stereocenters. The second-order valence-corrected chi connectivity index (χ2v) is 4.39. The van der Waals surface area contributed by atoms with Gasteiger partial charge in [-0.1, -0.05) is 0 Å². The lowest BCUT2D eigenvalue weighted by Crippen LogP contribution is -2.53. The number of methoxy groups -OCH3 is 1. The number of carbonyl (C=O) groups is 1. The summed E-state index contributed by atoms with van der Waals surface area (Å²) in [5.74, 6) is 0.405. The van der Waals surface area contributed by atoms with Crippen molar-refractivity contribution in [2.24, 2.45) is 5.92 Å². The van der Waals surface area contributed by atoms with Crippen molar-refractivity contribution in [3.05, 3.63) is 0 Å². The summed E-state index contributed by atoms with van der Waals surface area (Å²) in [6.45, 7) is 1.98. The molecule has 2 aliphatic carbocycles. The number of carbonyl (C=O) groups excluding carboxylic acids is 1. The molecule has 2 fully saturated rings. The average molecular weight is 183 g/mol. The maximum absolute atomic E-state index is 11.6. The van der Waals surface area contributed by atoms with Crippen molar-refractivity contribution in [3.63, 3.8) is 0 Å². The summed E-state index contributed by atoms with van der Waals surface area (Å²) in [6, 6.07) is 0.560. The summed E-state index contributed by atoms with van der Waals surface area (Å²) in [4.78, 5) is 11.6. The number of esters is 1. The monoisotopic (exact) mass is 183 g/mol. The van der Waals surface area contributed by atoms with Gasteiger partial charge in [0.25, 0.3) is 0 Å². The van der Waals surface area contributed by atoms with Crippen LogP contribution in [0.2, 0.25) is 0 Å². The second-order valence-electron chi connectivity index (χ2n) is 4.39. The number of hydrogen-bond donors (Lipinski definition) is 1. The zero-order valence-electron chi connectivity index (χ0n) is 8.30. The van der Waals surface area contributed by atoms with Crippen LogP contribution >= 0.6 is 0 Å². The standard InChI is InChI=1S/C10H17NO2/c1-10(7-3-4-7,9(12)13-2)11-8-5-6-8/h7-8,11H,3-6H2,1-2H3. The molecular weight excluding hydrogens is 166 g/mol. The van der Waals surface area contributed by atoms with Gasteiger partial charge in [-0.2, -0.15) is 0 Å². The maximum Gasteiger partial charge on any atom is 0.326 e. The molecule has 1 unspecified atom stereocenters. The van der Waals surface area contributed by atoms with Gasteiger partial charge in [0, 0.05) is 6.04 Å². The van der Waals surface area contributed by atoms with Gasteiger partial charge in [0.1, 0.15) is 5.54 Å². The van der Waals surface area contributed by atoms with E-state index in [0.717, 1.165) is 12.8 Å². The third kappa shape index (κ3) is 1.70. The fourth-order valence-electron chi connectivity index (χ4n) is 1.87. The number of ether oxygens (including phenoxy) is 1. The molecule has 0 aliphatic heterocycles. The minimum atomic E-state index is -0.407. The SMILES string of the molecule is COC(=O)C(C)(NC1CC1)C1CC1. The van der Waals surface area contributed by atoms with Crippen LogP contribution in [-0.2, 0) is 9.53 Å². The van der Waals surface area contributed by atoms with Crippen LogP contribution in [0.25, 0.3) is 0 Å². The molecule has 13 heavy (non-hydrogen) atoms. The number of nitrogens with one attached hydrogen (secondary N) is 1. The predicted molar refractivity (Wildman–Crippen MR) is 49.3 cm³/mol. The summed E-state index contributed by atoms with van der Waals surface area (Å²) >= 11 is 0. The zero-order chi connectivity index (χ0) is 9.47. The van der Waals surface area contributed by atoms with Crippen molar-refractivity contribution < 1.29 is 9.53 Å². The Morgan fingerprint density at radius 3 is 2.38 bits per heavy atom. The Bertz CT molecular complexity index is 221. The molecule has 0 amide bonds. The first-order valence-corrected chi connectivity index (χ1v) is 5.03. The van der Waals surface area contributed by atoms with Crippen molar-refractivity contribution in [3.8, 4) is 0 Å². The maximum atomic E-state index is 11.6. The smallest absolute Gasteiger partial charge is 0.326 e. The highest BCUT2D eigenvalue weighted by atomic mass is 16.5. The Balaban J connectivity index is 2.03. The minimum Gasteiger partial charge on any atom is -0.468 e. The van der Waals surface area contributed by atoms with E-state index in [1.165, 1.54) is 20.0 Å². The molecule has 0 aromatic carbocycles. The van der Waals surface area contributed by atoms with Gasteiger partial charge < -0.3 is 4.74 Å². The Morgan fingerprint density at radius 1 is 1.38 bits per heavy atom. The fraction of sp³-hybridized carbons (Fsp3) is 0.900. The highest BCUT2D eigenvalue weighted by molar-refractivity contribution is 5.81. The van der Waals surface area contributed by atoms with Crippen LogP contribution in [0.1, 0.15) is 32.6 Å². The van der Waals surface area contributed by atoms with Crippen molar-refractivity contribution in [1.82, 2.24) is 5.32 Å². The Kier molecular flexibility index (Phi) is 2.06. The van der Waals surface area contributed by atoms with Crippen molar-refractivity contribution in [1.29, 1.82) is 0 Å². The lowest BCUT2D eigenvalue weighted by atomic mass is 9.96. The van der Waals surface area contributed by atoms with Crippen molar-refractivity contribution >= 4 is 5.97 Å². The molecule has 0 bridgehead atoms. The first kappa shape index (κ1) is 9.00. The highest BCUT2D eigenvalue weighted by Gasteiger charge is 2.50. The minimum absolute atomic E-state index is 0.0955. The van der Waals surface area contributed by atoms with Crippen LogP contribution in [0.5, 0.6) is 0 Å². The number of rotatable bonds is 4. The van der Waals surface area contributed by atoms with Crippen LogP contribution in [0, 0.1) is 5.92 Å². The van der Waals surface area contributed by atoms with Gasteiger partial charge in [-0.25, -0.2) is 0 Å². The Labute approximate surface area is 78.8 Å². The van der Waals surface area contributed by atoms with Gasteiger partial charge in [-0.05, 0) is 38.5 Å². The quantitative estimate of drug-likeness (QED) is 0.663. The van der Waals surface area contributed by atoms with Crippen molar-refractivity contribution in [2.75, 3.05) is 7.11 Å². The van der Waals surface area contributed by atoms with E-state index >= 15 is 0 Å². The molecule has 2 saturated carbocycles. The normalized spacial score (nSPS) is 26.6. The van der Waals surface area contributed by atoms with Crippen molar-refractivity contribution in [2.45, 2.75) is 44.2 Å². The summed E-state index contributed by atoms with van der Waals surface area (Å²) in [7, 11) is 1.47. The highest BCUT2D eigenvalue weighted by Crippen LogP contribution is 2.41. The van der Waals surface area contributed by atoms with E-state index in [0.29, 0.717) is 12.0 Å². The van der Waals surface area contributed by atoms with E-state index < -0.39 is 5.54 Å². The predicted octanol–water partition coefficient (Wildman–Crippen LogP) is 1.08. The molecule has 0 aromatic rings. The molecule has 3 nitrogen and oxygen atoms in total. The molecule has 0 saturated heterocycles. The van der Waals surface area contributed by atoms with Crippen LogP contribution in [0.3, 0.4) is 0 Å². The van der Waals surface area contributed by atoms with E-state index in [1.54, 1.807) is 0 Å². The Hall–Kier alpha value is -0.570. The van der Waals surface area contributed by atoms with Gasteiger partial charge in [0.2, 0.25) is 0 Å². The van der Waals surface area contributed by atoms with Gasteiger partial charge in [0.05, 0.1) is 7.11 Å². The third-order valence-electron chi connectivity index (χ3n) is 3.08. The van der Waals surface area contributed by atoms with E-state index in [4.69, 9.17) is 4.74 Å². The van der Waals surface area contributed by atoms with E-state index in [-0.39, 0.29) is 5.97 Å². The third-order valence-corrected chi connectivity index (χ3v) is 3.08. The molecule has 0 radical (unpaired) electrons. The van der Waals surface area contributed by atoms with E-state index in [2.05, 4.69) is 5.32 Å². The molecule has 0 spiro atoms. The molecule has 0 aromatic heterocycles. The molecular formula is C10H17NO2. The molecule has 1 N–H and O–H groups in total.